The molecule has 0 spiro atoms. The molecule has 3 nitrogen and oxygen atoms in total. The zero-order valence-corrected chi connectivity index (χ0v) is 30.4. The maximum absolute atomic E-state index is 8.94. The van der Waals surface area contributed by atoms with Gasteiger partial charge in [0.05, 0.1) is 5.58 Å². The maximum atomic E-state index is 8.94. The minimum absolute atomic E-state index is 0. The van der Waals surface area contributed by atoms with Crippen LogP contribution >= 0.6 is 0 Å². The summed E-state index contributed by atoms with van der Waals surface area (Å²) in [5.41, 5.74) is 3.75. The number of nitrogens with zero attached hydrogens (tertiary/aromatic N) is 2. The van der Waals surface area contributed by atoms with Gasteiger partial charge in [-0.25, -0.2) is 0 Å². The van der Waals surface area contributed by atoms with Crippen molar-refractivity contribution in [2.45, 2.75) is 59.5 Å². The minimum atomic E-state index is -2.65. The summed E-state index contributed by atoms with van der Waals surface area (Å²) in [6.45, 7) is -10.1. The summed E-state index contributed by atoms with van der Waals surface area (Å²) in [7, 11) is 0. The van der Waals surface area contributed by atoms with Crippen LogP contribution in [0.15, 0.2) is 120 Å². The fourth-order valence-electron chi connectivity index (χ4n) is 6.76. The Morgan fingerprint density at radius 3 is 2.29 bits per heavy atom. The van der Waals surface area contributed by atoms with E-state index in [4.69, 9.17) is 23.6 Å². The molecule has 0 atom stereocenters. The Hall–Kier alpha value is -4.89. The predicted octanol–water partition coefficient (Wildman–Crippen LogP) is 12.8. The molecule has 0 bridgehead atoms. The molecule has 1 fully saturated rings. The van der Waals surface area contributed by atoms with Crippen molar-refractivity contribution in [3.05, 3.63) is 155 Å². The van der Waals surface area contributed by atoms with Gasteiger partial charge in [0.1, 0.15) is 5.58 Å². The van der Waals surface area contributed by atoms with Crippen LogP contribution in [0.2, 0.25) is 0 Å². The van der Waals surface area contributed by atoms with E-state index in [0.717, 1.165) is 59.0 Å². The molecule has 1 aliphatic rings. The molecule has 4 heteroatoms. The molecular weight excluding hydrogens is 813 g/mol. The topological polar surface area (TPSA) is 38.9 Å². The molecule has 5 aromatic carbocycles. The van der Waals surface area contributed by atoms with E-state index in [1.54, 1.807) is 36.4 Å². The molecule has 52 heavy (non-hydrogen) atoms. The van der Waals surface area contributed by atoms with Gasteiger partial charge in [-0.2, -0.15) is 0 Å². The van der Waals surface area contributed by atoms with Crippen molar-refractivity contribution in [1.29, 1.82) is 0 Å². The fourth-order valence-corrected chi connectivity index (χ4v) is 6.76. The summed E-state index contributed by atoms with van der Waals surface area (Å²) in [4.78, 5) is 8.62. The third kappa shape index (κ3) is 7.11. The average Bonchev–Trinajstić information content (AvgIpc) is 3.95. The fraction of sp³-hybridized carbons (Fsp3) is 0.208. The number of aryl methyl sites for hydroxylation is 4. The van der Waals surface area contributed by atoms with Gasteiger partial charge in [0.2, 0.25) is 0 Å². The number of aromatic nitrogens is 2. The van der Waals surface area contributed by atoms with Crippen LogP contribution in [0.1, 0.15) is 72.7 Å². The van der Waals surface area contributed by atoms with Gasteiger partial charge in [0, 0.05) is 62.5 Å². The molecule has 0 aliphatic heterocycles. The van der Waals surface area contributed by atoms with E-state index in [2.05, 4.69) is 28.2 Å². The monoisotopic (exact) mass is 869 g/mol. The van der Waals surface area contributed by atoms with Gasteiger partial charge < -0.3 is 14.4 Å². The van der Waals surface area contributed by atoms with Crippen molar-refractivity contribution < 1.29 is 43.7 Å². The Labute approximate surface area is 340 Å². The number of fused-ring (bicyclic) bond motifs is 5. The van der Waals surface area contributed by atoms with Crippen LogP contribution in [0, 0.1) is 45.5 Å². The second-order valence-electron chi connectivity index (χ2n) is 12.8. The van der Waals surface area contributed by atoms with Gasteiger partial charge in [-0.1, -0.05) is 139 Å². The van der Waals surface area contributed by atoms with Crippen molar-refractivity contribution in [3.8, 4) is 33.6 Å². The molecule has 261 valence electrons. The molecule has 3 aromatic heterocycles. The van der Waals surface area contributed by atoms with Crippen molar-refractivity contribution in [2.75, 3.05) is 0 Å². The van der Waals surface area contributed by atoms with Crippen molar-refractivity contribution >= 4 is 32.7 Å². The van der Waals surface area contributed by atoms with Gasteiger partial charge in [-0.15, -0.1) is 47.5 Å². The van der Waals surface area contributed by atoms with Crippen LogP contribution in [0.25, 0.3) is 66.4 Å². The van der Waals surface area contributed by atoms with Gasteiger partial charge in [0.25, 0.3) is 0 Å². The van der Waals surface area contributed by atoms with E-state index in [1.165, 1.54) is 18.3 Å². The van der Waals surface area contributed by atoms with Crippen molar-refractivity contribution in [3.63, 3.8) is 0 Å². The van der Waals surface area contributed by atoms with Crippen molar-refractivity contribution in [1.82, 2.24) is 9.97 Å². The Balaban J connectivity index is 0.000000196. The molecular formula is C48H42IrN2O-2. The minimum Gasteiger partial charge on any atom is -0.500 e. The molecule has 0 unspecified atom stereocenters. The molecule has 0 N–H and O–H groups in total. The Bertz CT molecular complexity index is 3040. The summed E-state index contributed by atoms with van der Waals surface area (Å²) >= 11 is 0. The smallest absolute Gasteiger partial charge is 0.128 e. The number of furan rings is 1. The third-order valence-corrected chi connectivity index (χ3v) is 9.41. The van der Waals surface area contributed by atoms with Crippen LogP contribution in [-0.4, -0.2) is 9.97 Å². The first-order valence-electron chi connectivity index (χ1n) is 23.9. The van der Waals surface area contributed by atoms with Gasteiger partial charge in [-0.05, 0) is 66.3 Å². The van der Waals surface area contributed by atoms with Crippen LogP contribution in [0.3, 0.4) is 0 Å². The SMILES string of the molecule is [2H]C([2H])([2H])c1c[c-]c(-c2cc(C([2H])([2H])[2H])c(C([2H])([2H])[2H])cn2)cc1-c1ccccc1.[2H]C([2H])([2H])c1cnc(-c2[c-]ccc3c2oc2c4ccccc4ccc32)cc1C([2H])([2H])C1CCCC1.[Ir]. The number of hydrogen-bond acceptors (Lipinski definition) is 3. The third-order valence-electron chi connectivity index (χ3n) is 9.41. The molecule has 1 radical (unpaired) electrons. The Kier molecular flexibility index (Phi) is 6.58. The average molecular weight is 869 g/mol. The van der Waals surface area contributed by atoms with Crippen LogP contribution < -0.4 is 0 Å². The molecule has 9 rings (SSSR count). The first kappa shape index (κ1) is 22.2. The van der Waals surface area contributed by atoms with Crippen LogP contribution in [0.4, 0.5) is 0 Å². The zero-order chi connectivity index (χ0) is 46.7. The first-order chi connectivity index (χ1) is 30.5. The first-order valence-corrected chi connectivity index (χ1v) is 16.9. The molecule has 8 aromatic rings. The second-order valence-corrected chi connectivity index (χ2v) is 12.8. The van der Waals surface area contributed by atoms with E-state index < -0.39 is 33.8 Å². The van der Waals surface area contributed by atoms with Crippen LogP contribution in [-0.2, 0) is 26.5 Å². The number of pyridine rings is 2. The van der Waals surface area contributed by atoms with Gasteiger partial charge >= 0.3 is 0 Å². The zero-order valence-electron chi connectivity index (χ0n) is 42.0. The summed E-state index contributed by atoms with van der Waals surface area (Å²) in [6.07, 6.45) is 4.02. The molecule has 0 amide bonds. The number of benzene rings is 5. The molecule has 3 heterocycles. The van der Waals surface area contributed by atoms with E-state index in [0.29, 0.717) is 33.5 Å². The van der Waals surface area contributed by atoms with E-state index >= 15 is 0 Å². The Morgan fingerprint density at radius 1 is 0.712 bits per heavy atom. The Morgan fingerprint density at radius 2 is 1.46 bits per heavy atom. The van der Waals surface area contributed by atoms with E-state index in [-0.39, 0.29) is 59.5 Å². The van der Waals surface area contributed by atoms with Gasteiger partial charge in [0.15, 0.2) is 0 Å². The predicted molar refractivity (Wildman–Crippen MR) is 212 cm³/mol. The summed E-state index contributed by atoms with van der Waals surface area (Å²) < 4.78 is 118. The van der Waals surface area contributed by atoms with Crippen LogP contribution in [0.5, 0.6) is 0 Å². The standard InChI is InChI=1S/C28H24NO.C20H18N.Ir/c1-18-17-29-26(16-21(18)15-19-7-2-3-8-19)25-12-6-11-23-24-14-13-20-9-4-5-10-22(20)27(24)30-28(23)25;1-14-9-10-18(20-11-15(2)16(3)13-21-20)12-19(14)17-7-5-4-6-8-17;/h4-6,9-11,13-14,16-17,19H,2-3,7-8,15H2,1H3;4-9,11-13H,1-3H3;/q2*-1;/i1D3,15D2;1D3,2D3,3D3;. The summed E-state index contributed by atoms with van der Waals surface area (Å²) in [5, 5.41) is 3.99. The molecule has 1 saturated carbocycles. The summed E-state index contributed by atoms with van der Waals surface area (Å²) in [6, 6.07) is 36.7. The normalized spacial score (nSPS) is 18.2. The number of rotatable bonds is 5. The largest absolute Gasteiger partial charge is 0.500 e. The summed E-state index contributed by atoms with van der Waals surface area (Å²) in [5.74, 6) is -0.212. The maximum Gasteiger partial charge on any atom is 0.128 e. The second kappa shape index (κ2) is 15.4. The molecule has 1 aliphatic carbocycles. The number of hydrogen-bond donors (Lipinski definition) is 0. The van der Waals surface area contributed by atoms with E-state index in [1.807, 2.05) is 48.5 Å². The quantitative estimate of drug-likeness (QED) is 0.162. The van der Waals surface area contributed by atoms with Gasteiger partial charge in [-0.3, -0.25) is 0 Å². The molecule has 0 saturated heterocycles. The van der Waals surface area contributed by atoms with Crippen molar-refractivity contribution in [2.24, 2.45) is 5.92 Å². The van der Waals surface area contributed by atoms with E-state index in [9.17, 15) is 0 Å².